The molecule has 1 aliphatic heterocycles. The minimum Gasteiger partial charge on any atom is -0.496 e. The molecule has 3 heteroatoms. The maximum Gasteiger partial charge on any atom is 0.126 e. The third-order valence-electron chi connectivity index (χ3n) is 3.80. The normalized spacial score (nSPS) is 18.7. The van der Waals surface area contributed by atoms with Crippen LogP contribution in [0.25, 0.3) is 0 Å². The van der Waals surface area contributed by atoms with Crippen LogP contribution < -0.4 is 10.1 Å². The molecule has 1 N–H and O–H groups in total. The Labute approximate surface area is 110 Å². The highest BCUT2D eigenvalue weighted by molar-refractivity contribution is 5.45. The topological polar surface area (TPSA) is 24.5 Å². The smallest absolute Gasteiger partial charge is 0.126 e. The van der Waals surface area contributed by atoms with Crippen molar-refractivity contribution in [1.29, 1.82) is 0 Å². The van der Waals surface area contributed by atoms with Gasteiger partial charge in [-0.15, -0.1) is 0 Å². The minimum absolute atomic E-state index is 0.417. The predicted molar refractivity (Wildman–Crippen MR) is 75.3 cm³/mol. The Balaban J connectivity index is 2.30. The van der Waals surface area contributed by atoms with Crippen LogP contribution in [0.2, 0.25) is 0 Å². The number of methoxy groups -OCH3 is 1. The number of nitrogens with zero attached hydrogens (tertiary/aromatic N) is 1. The first-order chi connectivity index (χ1) is 8.63. The van der Waals surface area contributed by atoms with Crippen molar-refractivity contribution in [3.8, 4) is 5.75 Å². The first-order valence-corrected chi connectivity index (χ1v) is 6.73. The average Bonchev–Trinajstić information content (AvgIpc) is 2.38. The lowest BCUT2D eigenvalue weighted by molar-refractivity contribution is 0.182. The summed E-state index contributed by atoms with van der Waals surface area (Å²) >= 11 is 0. The van der Waals surface area contributed by atoms with Gasteiger partial charge in [-0.2, -0.15) is 0 Å². The van der Waals surface area contributed by atoms with Crippen LogP contribution >= 0.6 is 0 Å². The van der Waals surface area contributed by atoms with Crippen molar-refractivity contribution >= 4 is 0 Å². The largest absolute Gasteiger partial charge is 0.496 e. The fraction of sp³-hybridized carbons (Fsp3) is 0.600. The molecule has 0 radical (unpaired) electrons. The van der Waals surface area contributed by atoms with Crippen LogP contribution in [0.3, 0.4) is 0 Å². The summed E-state index contributed by atoms with van der Waals surface area (Å²) in [6.07, 6.45) is 0. The molecule has 1 aliphatic rings. The Morgan fingerprint density at radius 3 is 2.50 bits per heavy atom. The molecule has 1 unspecified atom stereocenters. The van der Waals surface area contributed by atoms with E-state index in [0.29, 0.717) is 6.04 Å². The minimum atomic E-state index is 0.417. The van der Waals surface area contributed by atoms with Crippen molar-refractivity contribution < 1.29 is 4.74 Å². The van der Waals surface area contributed by atoms with Crippen LogP contribution in [0.1, 0.15) is 29.7 Å². The summed E-state index contributed by atoms with van der Waals surface area (Å²) < 4.78 is 5.60. The van der Waals surface area contributed by atoms with E-state index in [0.717, 1.165) is 31.9 Å². The summed E-state index contributed by atoms with van der Waals surface area (Å²) in [5.74, 6) is 1.05. The van der Waals surface area contributed by atoms with Gasteiger partial charge in [-0.3, -0.25) is 4.90 Å². The summed E-state index contributed by atoms with van der Waals surface area (Å²) in [6, 6.07) is 4.87. The molecule has 18 heavy (non-hydrogen) atoms. The average molecular weight is 248 g/mol. The van der Waals surface area contributed by atoms with Crippen molar-refractivity contribution in [2.45, 2.75) is 26.8 Å². The standard InChI is InChI=1S/C15H24N2O/c1-11-9-12(2)15(18-4)14(10-11)13(3)17-7-5-16-6-8-17/h9-10,13,16H,5-8H2,1-4H3. The van der Waals surface area contributed by atoms with Crippen molar-refractivity contribution in [3.63, 3.8) is 0 Å². The SMILES string of the molecule is COc1c(C)cc(C)cc1C(C)N1CCNCC1. The maximum atomic E-state index is 5.60. The number of ether oxygens (including phenoxy) is 1. The molecule has 3 nitrogen and oxygen atoms in total. The maximum absolute atomic E-state index is 5.60. The van der Waals surface area contributed by atoms with E-state index >= 15 is 0 Å². The summed E-state index contributed by atoms with van der Waals surface area (Å²) in [5.41, 5.74) is 3.86. The lowest BCUT2D eigenvalue weighted by Gasteiger charge is -2.34. The Morgan fingerprint density at radius 1 is 1.22 bits per heavy atom. The first kappa shape index (κ1) is 13.4. The quantitative estimate of drug-likeness (QED) is 0.888. The summed E-state index contributed by atoms with van der Waals surface area (Å²) in [6.45, 7) is 10.9. The van der Waals surface area contributed by atoms with E-state index in [-0.39, 0.29) is 0 Å². The molecular formula is C15H24N2O. The third-order valence-corrected chi connectivity index (χ3v) is 3.80. The number of hydrogen-bond acceptors (Lipinski definition) is 3. The van der Waals surface area contributed by atoms with Gasteiger partial charge in [0.2, 0.25) is 0 Å². The molecule has 1 aromatic rings. The highest BCUT2D eigenvalue weighted by Crippen LogP contribution is 2.33. The molecule has 1 aromatic carbocycles. The van der Waals surface area contributed by atoms with Gasteiger partial charge in [-0.1, -0.05) is 17.7 Å². The van der Waals surface area contributed by atoms with Gasteiger partial charge in [0.1, 0.15) is 5.75 Å². The first-order valence-electron chi connectivity index (χ1n) is 6.73. The number of rotatable bonds is 3. The molecule has 1 fully saturated rings. The van der Waals surface area contributed by atoms with E-state index in [1.165, 1.54) is 16.7 Å². The Hall–Kier alpha value is -1.06. The van der Waals surface area contributed by atoms with E-state index in [1.54, 1.807) is 7.11 Å². The molecule has 0 saturated carbocycles. The molecule has 0 bridgehead atoms. The molecule has 1 saturated heterocycles. The van der Waals surface area contributed by atoms with Crippen LogP contribution in [0, 0.1) is 13.8 Å². The van der Waals surface area contributed by atoms with E-state index in [1.807, 2.05) is 0 Å². The van der Waals surface area contributed by atoms with Gasteiger partial charge in [0.25, 0.3) is 0 Å². The van der Waals surface area contributed by atoms with Gasteiger partial charge >= 0.3 is 0 Å². The van der Waals surface area contributed by atoms with E-state index in [4.69, 9.17) is 4.74 Å². The zero-order chi connectivity index (χ0) is 13.1. The van der Waals surface area contributed by atoms with Crippen LogP contribution in [-0.2, 0) is 0 Å². The number of aryl methyl sites for hydroxylation is 2. The number of hydrogen-bond donors (Lipinski definition) is 1. The molecule has 0 spiro atoms. The van der Waals surface area contributed by atoms with Crippen molar-refractivity contribution in [2.24, 2.45) is 0 Å². The molecule has 0 aromatic heterocycles. The van der Waals surface area contributed by atoms with Crippen LogP contribution in [0.15, 0.2) is 12.1 Å². The molecule has 1 heterocycles. The molecule has 100 valence electrons. The number of benzene rings is 1. The van der Waals surface area contributed by atoms with Crippen molar-refractivity contribution in [3.05, 3.63) is 28.8 Å². The zero-order valence-electron chi connectivity index (χ0n) is 11.9. The van der Waals surface area contributed by atoms with Gasteiger partial charge in [-0.05, 0) is 26.3 Å². The highest BCUT2D eigenvalue weighted by atomic mass is 16.5. The molecule has 2 rings (SSSR count). The Kier molecular flexibility index (Phi) is 4.25. The van der Waals surface area contributed by atoms with Crippen LogP contribution in [-0.4, -0.2) is 38.2 Å². The van der Waals surface area contributed by atoms with Gasteiger partial charge in [-0.25, -0.2) is 0 Å². The van der Waals surface area contributed by atoms with E-state index in [2.05, 4.69) is 43.1 Å². The van der Waals surface area contributed by atoms with Crippen molar-refractivity contribution in [1.82, 2.24) is 10.2 Å². The summed E-state index contributed by atoms with van der Waals surface area (Å²) in [5, 5.41) is 3.40. The second-order valence-corrected chi connectivity index (χ2v) is 5.17. The van der Waals surface area contributed by atoms with E-state index < -0.39 is 0 Å². The predicted octanol–water partition coefficient (Wildman–Crippen LogP) is 2.28. The van der Waals surface area contributed by atoms with Crippen molar-refractivity contribution in [2.75, 3.05) is 33.3 Å². The number of piperazine rings is 1. The second kappa shape index (κ2) is 5.72. The van der Waals surface area contributed by atoms with Crippen LogP contribution in [0.4, 0.5) is 0 Å². The Bertz CT molecular complexity index is 411. The highest BCUT2D eigenvalue weighted by Gasteiger charge is 2.21. The monoisotopic (exact) mass is 248 g/mol. The number of nitrogens with one attached hydrogen (secondary N) is 1. The lowest BCUT2D eigenvalue weighted by atomic mass is 9.99. The molecule has 0 amide bonds. The lowest BCUT2D eigenvalue weighted by Crippen LogP contribution is -2.44. The second-order valence-electron chi connectivity index (χ2n) is 5.17. The Morgan fingerprint density at radius 2 is 1.89 bits per heavy atom. The molecule has 1 atom stereocenters. The zero-order valence-corrected chi connectivity index (χ0v) is 11.9. The molecular weight excluding hydrogens is 224 g/mol. The van der Waals surface area contributed by atoms with Gasteiger partial charge in [0.05, 0.1) is 7.11 Å². The summed E-state index contributed by atoms with van der Waals surface area (Å²) in [4.78, 5) is 2.52. The molecule has 0 aliphatic carbocycles. The van der Waals surface area contributed by atoms with Gasteiger partial charge < -0.3 is 10.1 Å². The van der Waals surface area contributed by atoms with Gasteiger partial charge in [0.15, 0.2) is 0 Å². The van der Waals surface area contributed by atoms with Crippen LogP contribution in [0.5, 0.6) is 5.75 Å². The third kappa shape index (κ3) is 2.68. The fourth-order valence-corrected chi connectivity index (χ4v) is 2.84. The summed E-state index contributed by atoms with van der Waals surface area (Å²) in [7, 11) is 1.77. The fourth-order valence-electron chi connectivity index (χ4n) is 2.84. The van der Waals surface area contributed by atoms with Gasteiger partial charge in [0, 0.05) is 37.8 Å². The van der Waals surface area contributed by atoms with E-state index in [9.17, 15) is 0 Å².